The predicted molar refractivity (Wildman–Crippen MR) is 120 cm³/mol. The van der Waals surface area contributed by atoms with Crippen molar-refractivity contribution in [3.8, 4) is 6.07 Å². The second-order valence-electron chi connectivity index (χ2n) is 8.09. The van der Waals surface area contributed by atoms with E-state index in [1.807, 2.05) is 24.3 Å². The van der Waals surface area contributed by atoms with Crippen molar-refractivity contribution in [1.29, 1.82) is 5.26 Å². The van der Waals surface area contributed by atoms with Crippen molar-refractivity contribution in [2.24, 2.45) is 5.92 Å². The third kappa shape index (κ3) is 5.54. The van der Waals surface area contributed by atoms with Crippen LogP contribution in [0.4, 0.5) is 17.4 Å². The number of carboxylic acids is 1. The van der Waals surface area contributed by atoms with Crippen LogP contribution >= 0.6 is 0 Å². The number of nitrogens with zero attached hydrogens (tertiary/aromatic N) is 3. The zero-order chi connectivity index (χ0) is 23.2. The first-order valence-electron chi connectivity index (χ1n) is 10.7. The van der Waals surface area contributed by atoms with E-state index < -0.39 is 11.9 Å². The maximum atomic E-state index is 12.5. The summed E-state index contributed by atoms with van der Waals surface area (Å²) in [4.78, 5) is 23.4. The average molecular weight is 445 g/mol. The predicted octanol–water partition coefficient (Wildman–Crippen LogP) is 4.69. The van der Waals surface area contributed by atoms with Crippen molar-refractivity contribution in [2.75, 3.05) is 10.6 Å². The molecule has 1 amide bonds. The Bertz CT molecular complexity index is 1170. The first kappa shape index (κ1) is 22.0. The van der Waals surface area contributed by atoms with Gasteiger partial charge in [-0.1, -0.05) is 29.4 Å². The number of benzene rings is 2. The van der Waals surface area contributed by atoms with Crippen LogP contribution in [0.25, 0.3) is 0 Å². The second-order valence-corrected chi connectivity index (χ2v) is 8.09. The van der Waals surface area contributed by atoms with Gasteiger partial charge in [0, 0.05) is 12.1 Å². The van der Waals surface area contributed by atoms with E-state index in [1.165, 1.54) is 5.56 Å². The number of anilines is 3. The molecular formula is C24H23N5O4. The maximum absolute atomic E-state index is 12.5. The number of carbonyl (C=O) groups is 2. The fourth-order valence-corrected chi connectivity index (χ4v) is 4.14. The van der Waals surface area contributed by atoms with Crippen molar-refractivity contribution in [1.82, 2.24) is 10.2 Å². The molecule has 9 nitrogen and oxygen atoms in total. The van der Waals surface area contributed by atoms with Crippen molar-refractivity contribution in [3.05, 3.63) is 65.5 Å². The van der Waals surface area contributed by atoms with Gasteiger partial charge >= 0.3 is 23.8 Å². The molecule has 0 saturated heterocycles. The summed E-state index contributed by atoms with van der Waals surface area (Å²) >= 11 is 0. The summed E-state index contributed by atoms with van der Waals surface area (Å²) in [6, 6.07) is 16.5. The van der Waals surface area contributed by atoms with E-state index in [2.05, 4.69) is 26.9 Å². The topological polar surface area (TPSA) is 141 Å². The third-order valence-electron chi connectivity index (χ3n) is 5.86. The Balaban J connectivity index is 1.33. The average Bonchev–Trinajstić information content (AvgIpc) is 3.29. The number of hydrogen-bond acceptors (Lipinski definition) is 7. The summed E-state index contributed by atoms with van der Waals surface area (Å²) in [6.07, 6.45) is 4.02. The highest BCUT2D eigenvalue weighted by Gasteiger charge is 2.24. The quantitative estimate of drug-likeness (QED) is 0.476. The van der Waals surface area contributed by atoms with Crippen LogP contribution in [-0.2, 0) is 4.79 Å². The molecule has 1 aliphatic rings. The lowest BCUT2D eigenvalue weighted by atomic mass is 9.77. The maximum Gasteiger partial charge on any atom is 0.320 e. The van der Waals surface area contributed by atoms with Crippen molar-refractivity contribution in [2.45, 2.75) is 38.0 Å². The Kier molecular flexibility index (Phi) is 6.64. The van der Waals surface area contributed by atoms with Gasteiger partial charge in [0.2, 0.25) is 0 Å². The normalized spacial score (nSPS) is 17.7. The van der Waals surface area contributed by atoms with Gasteiger partial charge in [0.15, 0.2) is 0 Å². The number of aliphatic carboxylic acids is 1. The molecule has 1 aliphatic carbocycles. The van der Waals surface area contributed by atoms with Crippen LogP contribution in [-0.4, -0.2) is 27.2 Å². The molecule has 0 atom stereocenters. The fraction of sp³-hybridized carbons (Fsp3) is 0.292. The van der Waals surface area contributed by atoms with E-state index in [1.54, 1.807) is 24.3 Å². The highest BCUT2D eigenvalue weighted by molar-refractivity contribution is 6.00. The third-order valence-corrected chi connectivity index (χ3v) is 5.86. The zero-order valence-electron chi connectivity index (χ0n) is 17.8. The lowest BCUT2D eigenvalue weighted by molar-refractivity contribution is -0.138. The van der Waals surface area contributed by atoms with Crippen molar-refractivity contribution in [3.63, 3.8) is 0 Å². The SMILES string of the molecule is N#Cc1ccccc1Nc1nnc(C(=O)Nc2ccc(C3CCC(CC(=O)O)CC3)cc2)o1. The van der Waals surface area contributed by atoms with Gasteiger partial charge in [-0.3, -0.25) is 9.59 Å². The summed E-state index contributed by atoms with van der Waals surface area (Å²) in [6.45, 7) is 0. The monoisotopic (exact) mass is 445 g/mol. The molecule has 3 N–H and O–H groups in total. The molecule has 168 valence electrons. The van der Waals surface area contributed by atoms with Gasteiger partial charge in [-0.2, -0.15) is 5.26 Å². The van der Waals surface area contributed by atoms with Crippen LogP contribution in [0.3, 0.4) is 0 Å². The molecule has 33 heavy (non-hydrogen) atoms. The van der Waals surface area contributed by atoms with Crippen molar-refractivity contribution < 1.29 is 19.1 Å². The Morgan fingerprint density at radius 1 is 1.06 bits per heavy atom. The van der Waals surface area contributed by atoms with Gasteiger partial charge in [-0.25, -0.2) is 0 Å². The lowest BCUT2D eigenvalue weighted by Gasteiger charge is -2.28. The zero-order valence-corrected chi connectivity index (χ0v) is 17.8. The largest absolute Gasteiger partial charge is 0.481 e. The van der Waals surface area contributed by atoms with Crippen LogP contribution in [0, 0.1) is 17.2 Å². The fourth-order valence-electron chi connectivity index (χ4n) is 4.14. The summed E-state index contributed by atoms with van der Waals surface area (Å²) < 4.78 is 5.38. The number of rotatable bonds is 7. The molecule has 0 bridgehead atoms. The van der Waals surface area contributed by atoms with Crippen LogP contribution in [0.1, 0.15) is 59.8 Å². The molecule has 9 heteroatoms. The Morgan fingerprint density at radius 3 is 2.48 bits per heavy atom. The van der Waals surface area contributed by atoms with Gasteiger partial charge in [0.1, 0.15) is 6.07 Å². The Morgan fingerprint density at radius 2 is 1.79 bits per heavy atom. The summed E-state index contributed by atoms with van der Waals surface area (Å²) in [7, 11) is 0. The van der Waals surface area contributed by atoms with E-state index in [0.717, 1.165) is 25.7 Å². The number of amides is 1. The molecule has 0 radical (unpaired) electrons. The summed E-state index contributed by atoms with van der Waals surface area (Å²) in [5.41, 5.74) is 2.70. The van der Waals surface area contributed by atoms with E-state index in [0.29, 0.717) is 22.9 Å². The molecule has 4 rings (SSSR count). The number of aromatic nitrogens is 2. The van der Waals surface area contributed by atoms with Crippen LogP contribution in [0.5, 0.6) is 0 Å². The molecule has 1 fully saturated rings. The van der Waals surface area contributed by atoms with Crippen molar-refractivity contribution >= 4 is 29.3 Å². The number of para-hydroxylation sites is 1. The van der Waals surface area contributed by atoms with Gasteiger partial charge in [-0.15, -0.1) is 5.10 Å². The highest BCUT2D eigenvalue weighted by atomic mass is 16.4. The number of nitrogens with one attached hydrogen (secondary N) is 2. The molecule has 3 aromatic rings. The first-order valence-corrected chi connectivity index (χ1v) is 10.7. The standard InChI is InChI=1S/C24H23N5O4/c25-14-18-3-1-2-4-20(18)27-24-29-28-23(33-24)22(32)26-19-11-9-17(10-12-19)16-7-5-15(6-8-16)13-21(30)31/h1-4,9-12,15-16H,5-8,13H2,(H,26,32)(H,27,29)(H,30,31). The first-order chi connectivity index (χ1) is 16.0. The van der Waals surface area contributed by atoms with Gasteiger partial charge in [-0.05, 0) is 67.3 Å². The van der Waals surface area contributed by atoms with E-state index >= 15 is 0 Å². The number of carboxylic acid groups (broad SMARTS) is 1. The molecule has 0 aliphatic heterocycles. The van der Waals surface area contributed by atoms with Crippen LogP contribution in [0.2, 0.25) is 0 Å². The van der Waals surface area contributed by atoms with Gasteiger partial charge in [0.25, 0.3) is 0 Å². The number of nitriles is 1. The molecule has 0 unspecified atom stereocenters. The Hall–Kier alpha value is -4.19. The highest BCUT2D eigenvalue weighted by Crippen LogP contribution is 2.37. The number of hydrogen-bond donors (Lipinski definition) is 3. The molecule has 0 spiro atoms. The van der Waals surface area contributed by atoms with E-state index in [9.17, 15) is 9.59 Å². The van der Waals surface area contributed by atoms with E-state index in [4.69, 9.17) is 14.8 Å². The minimum Gasteiger partial charge on any atom is -0.481 e. The minimum atomic E-state index is -0.727. The molecule has 2 aromatic carbocycles. The summed E-state index contributed by atoms with van der Waals surface area (Å²) in [5.74, 6) is -0.798. The molecular weight excluding hydrogens is 422 g/mol. The van der Waals surface area contributed by atoms with Crippen LogP contribution < -0.4 is 10.6 Å². The van der Waals surface area contributed by atoms with Crippen LogP contribution in [0.15, 0.2) is 52.9 Å². The minimum absolute atomic E-state index is 0.0108. The summed E-state index contributed by atoms with van der Waals surface area (Å²) in [5, 5.41) is 31.3. The Labute approximate surface area is 190 Å². The second kappa shape index (κ2) is 9.96. The molecule has 1 saturated carbocycles. The molecule has 1 aromatic heterocycles. The van der Waals surface area contributed by atoms with E-state index in [-0.39, 0.29) is 24.2 Å². The number of carbonyl (C=O) groups excluding carboxylic acids is 1. The smallest absolute Gasteiger partial charge is 0.320 e. The molecule has 1 heterocycles. The van der Waals surface area contributed by atoms with Gasteiger partial charge < -0.3 is 20.2 Å². The van der Waals surface area contributed by atoms with Gasteiger partial charge in [0.05, 0.1) is 11.3 Å². The lowest BCUT2D eigenvalue weighted by Crippen LogP contribution is -2.16.